The van der Waals surface area contributed by atoms with E-state index in [1.165, 1.54) is 35.4 Å². The number of rotatable bonds is 5. The summed E-state index contributed by atoms with van der Waals surface area (Å²) in [6.07, 6.45) is 1.25. The number of hydrogen-bond acceptors (Lipinski definition) is 6. The van der Waals surface area contributed by atoms with Crippen molar-refractivity contribution >= 4 is 11.9 Å². The van der Waals surface area contributed by atoms with Crippen LogP contribution in [0.5, 0.6) is 5.75 Å². The van der Waals surface area contributed by atoms with Crippen LogP contribution in [0.15, 0.2) is 60.5 Å². The quantitative estimate of drug-likeness (QED) is 0.355. The first kappa shape index (κ1) is 18.7. The molecule has 0 heterocycles. The highest BCUT2D eigenvalue weighted by atomic mass is 19.1. The molecule has 0 radical (unpaired) electrons. The molecule has 0 saturated carbocycles. The van der Waals surface area contributed by atoms with Gasteiger partial charge in [-0.25, -0.2) is 14.0 Å². The van der Waals surface area contributed by atoms with E-state index in [2.05, 4.69) is 0 Å². The summed E-state index contributed by atoms with van der Waals surface area (Å²) in [5.41, 5.74) is 0.296. The average molecular weight is 354 g/mol. The maximum absolute atomic E-state index is 14.0. The fourth-order valence-corrected chi connectivity index (χ4v) is 1.89. The Morgan fingerprint density at radius 1 is 1.15 bits per heavy atom. The molecule has 0 bridgehead atoms. The third-order valence-electron chi connectivity index (χ3n) is 3.05. The van der Waals surface area contributed by atoms with Crippen LogP contribution in [-0.2, 0) is 9.53 Å². The molecule has 26 heavy (non-hydrogen) atoms. The zero-order valence-corrected chi connectivity index (χ0v) is 14.1. The van der Waals surface area contributed by atoms with Crippen LogP contribution in [0.25, 0.3) is 0 Å². The molecular formula is C19H15FN2O4. The molecule has 132 valence electrons. The van der Waals surface area contributed by atoms with Crippen molar-refractivity contribution in [1.82, 2.24) is 4.90 Å². The largest absolute Gasteiger partial charge is 0.445 e. The Balaban J connectivity index is 2.21. The number of nitrogens with zero attached hydrogens (tertiary/aromatic N) is 2. The second-order valence-electron chi connectivity index (χ2n) is 5.36. The lowest BCUT2D eigenvalue weighted by molar-refractivity contribution is -0.136. The highest BCUT2D eigenvalue weighted by molar-refractivity contribution is 6.01. The van der Waals surface area contributed by atoms with Gasteiger partial charge in [0.2, 0.25) is 5.76 Å². The normalized spacial score (nSPS) is 10.6. The summed E-state index contributed by atoms with van der Waals surface area (Å²) in [6.45, 7) is 0. The summed E-state index contributed by atoms with van der Waals surface area (Å²) in [5.74, 6) is -3.42. The number of carbonyl (C=O) groups excluding carboxylic acids is 2. The van der Waals surface area contributed by atoms with Crippen LogP contribution in [0.1, 0.15) is 15.9 Å². The lowest BCUT2D eigenvalue weighted by Crippen LogP contribution is -2.20. The molecule has 0 unspecified atom stereocenters. The van der Waals surface area contributed by atoms with E-state index in [-0.39, 0.29) is 22.6 Å². The van der Waals surface area contributed by atoms with Gasteiger partial charge in [0, 0.05) is 20.3 Å². The molecule has 6 nitrogen and oxygen atoms in total. The second-order valence-corrected chi connectivity index (χ2v) is 5.36. The molecule has 2 aromatic carbocycles. The molecule has 0 amide bonds. The van der Waals surface area contributed by atoms with E-state index in [4.69, 9.17) is 14.7 Å². The standard InChI is InChI=1S/C19H15FN2O4/c1-22(2)12-17(25-16-9-8-13(11-21)10-15(16)20)19(24)26-18(23)14-6-4-3-5-7-14/h3-10,12H,1-2H3/b17-12+. The highest BCUT2D eigenvalue weighted by Gasteiger charge is 2.21. The molecule has 0 N–H and O–H groups in total. The molecule has 0 fully saturated rings. The van der Waals surface area contributed by atoms with Gasteiger partial charge >= 0.3 is 11.9 Å². The third-order valence-corrected chi connectivity index (χ3v) is 3.05. The summed E-state index contributed by atoms with van der Waals surface area (Å²) in [4.78, 5) is 25.7. The van der Waals surface area contributed by atoms with Crippen molar-refractivity contribution in [2.24, 2.45) is 0 Å². The molecule has 7 heteroatoms. The van der Waals surface area contributed by atoms with Gasteiger partial charge in [0.1, 0.15) is 0 Å². The molecule has 2 rings (SSSR count). The molecule has 0 aliphatic heterocycles. The first-order valence-electron chi connectivity index (χ1n) is 7.48. The second kappa shape index (κ2) is 8.44. The Morgan fingerprint density at radius 2 is 1.85 bits per heavy atom. The number of esters is 2. The minimum Gasteiger partial charge on any atom is -0.445 e. The van der Waals surface area contributed by atoms with E-state index >= 15 is 0 Å². The van der Waals surface area contributed by atoms with Crippen molar-refractivity contribution in [1.29, 1.82) is 5.26 Å². The van der Waals surface area contributed by atoms with Gasteiger partial charge in [-0.05, 0) is 30.3 Å². The minimum atomic E-state index is -1.07. The fraction of sp³-hybridized carbons (Fsp3) is 0.105. The van der Waals surface area contributed by atoms with Gasteiger partial charge in [0.25, 0.3) is 0 Å². The lowest BCUT2D eigenvalue weighted by Gasteiger charge is -2.13. The Hall–Kier alpha value is -3.66. The first-order valence-corrected chi connectivity index (χ1v) is 7.48. The average Bonchev–Trinajstić information content (AvgIpc) is 2.62. The van der Waals surface area contributed by atoms with Crippen molar-refractivity contribution in [3.8, 4) is 11.8 Å². The van der Waals surface area contributed by atoms with E-state index in [0.717, 1.165) is 6.07 Å². The topological polar surface area (TPSA) is 79.6 Å². The molecule has 0 aromatic heterocycles. The van der Waals surface area contributed by atoms with Gasteiger partial charge in [-0.1, -0.05) is 18.2 Å². The van der Waals surface area contributed by atoms with Crippen LogP contribution >= 0.6 is 0 Å². The number of nitriles is 1. The van der Waals surface area contributed by atoms with Crippen LogP contribution in [0.4, 0.5) is 4.39 Å². The molecule has 0 spiro atoms. The predicted octanol–water partition coefficient (Wildman–Crippen LogP) is 2.86. The van der Waals surface area contributed by atoms with Crippen molar-refractivity contribution in [2.45, 2.75) is 0 Å². The summed E-state index contributed by atoms with van der Waals surface area (Å²) >= 11 is 0. The highest BCUT2D eigenvalue weighted by Crippen LogP contribution is 2.21. The Morgan fingerprint density at radius 3 is 2.42 bits per heavy atom. The summed E-state index contributed by atoms with van der Waals surface area (Å²) in [5, 5.41) is 8.76. The number of carbonyl (C=O) groups is 2. The van der Waals surface area contributed by atoms with Gasteiger partial charge in [0.15, 0.2) is 11.6 Å². The molecule has 0 saturated heterocycles. The first-order chi connectivity index (χ1) is 12.4. The summed E-state index contributed by atoms with van der Waals surface area (Å²) < 4.78 is 24.0. The fourth-order valence-electron chi connectivity index (χ4n) is 1.89. The van der Waals surface area contributed by atoms with Crippen molar-refractivity contribution in [3.05, 3.63) is 77.4 Å². The number of hydrogen-bond donors (Lipinski definition) is 0. The maximum Gasteiger partial charge on any atom is 0.383 e. The Kier molecular flexibility index (Phi) is 6.06. The lowest BCUT2D eigenvalue weighted by atomic mass is 10.2. The van der Waals surface area contributed by atoms with Crippen LogP contribution < -0.4 is 4.74 Å². The minimum absolute atomic E-state index is 0.106. The smallest absolute Gasteiger partial charge is 0.383 e. The van der Waals surface area contributed by atoms with Gasteiger partial charge in [-0.15, -0.1) is 0 Å². The maximum atomic E-state index is 14.0. The van der Waals surface area contributed by atoms with E-state index < -0.39 is 17.8 Å². The van der Waals surface area contributed by atoms with Gasteiger partial charge in [0.05, 0.1) is 17.2 Å². The molecule has 0 aliphatic rings. The van der Waals surface area contributed by atoms with E-state index in [0.29, 0.717) is 0 Å². The van der Waals surface area contributed by atoms with Crippen LogP contribution in [0, 0.1) is 17.1 Å². The molecule has 0 aliphatic carbocycles. The number of ether oxygens (including phenoxy) is 2. The molecular weight excluding hydrogens is 339 g/mol. The SMILES string of the molecule is CN(C)/C=C(/Oc1ccc(C#N)cc1F)C(=O)OC(=O)c1ccccc1. The summed E-state index contributed by atoms with van der Waals surface area (Å²) in [7, 11) is 3.23. The number of halogens is 1. The molecule has 2 aromatic rings. The van der Waals surface area contributed by atoms with Gasteiger partial charge in [-0.3, -0.25) is 0 Å². The third kappa shape index (κ3) is 4.92. The van der Waals surface area contributed by atoms with E-state index in [1.807, 2.05) is 0 Å². The van der Waals surface area contributed by atoms with Gasteiger partial charge in [-0.2, -0.15) is 5.26 Å². The summed E-state index contributed by atoms with van der Waals surface area (Å²) in [6, 6.07) is 13.3. The zero-order valence-electron chi connectivity index (χ0n) is 14.1. The van der Waals surface area contributed by atoms with E-state index in [1.54, 1.807) is 38.4 Å². The van der Waals surface area contributed by atoms with Crippen molar-refractivity contribution < 1.29 is 23.5 Å². The van der Waals surface area contributed by atoms with Crippen LogP contribution in [0.3, 0.4) is 0 Å². The number of benzene rings is 2. The van der Waals surface area contributed by atoms with Gasteiger partial charge < -0.3 is 14.4 Å². The van der Waals surface area contributed by atoms with E-state index in [9.17, 15) is 14.0 Å². The monoisotopic (exact) mass is 354 g/mol. The predicted molar refractivity (Wildman–Crippen MR) is 90.4 cm³/mol. The van der Waals surface area contributed by atoms with Crippen LogP contribution in [0.2, 0.25) is 0 Å². The Bertz CT molecular complexity index is 886. The van der Waals surface area contributed by atoms with Crippen molar-refractivity contribution in [2.75, 3.05) is 14.1 Å². The zero-order chi connectivity index (χ0) is 19.1. The van der Waals surface area contributed by atoms with Crippen LogP contribution in [-0.4, -0.2) is 30.9 Å². The molecule has 0 atom stereocenters. The van der Waals surface area contributed by atoms with Crippen molar-refractivity contribution in [3.63, 3.8) is 0 Å². The Labute approximate surface area is 149 Å².